The van der Waals surface area contributed by atoms with Crippen LogP contribution in [0.4, 0.5) is 5.69 Å². The first kappa shape index (κ1) is 10.7. The minimum atomic E-state index is -0.0369. The van der Waals surface area contributed by atoms with E-state index in [2.05, 4.69) is 32.2 Å². The van der Waals surface area contributed by atoms with Gasteiger partial charge in [-0.1, -0.05) is 29.3 Å². The Bertz CT molecular complexity index is 302. The number of hydrogen-bond donors (Lipinski definition) is 1. The predicted molar refractivity (Wildman–Crippen MR) is 58.7 cm³/mol. The van der Waals surface area contributed by atoms with E-state index >= 15 is 0 Å². The van der Waals surface area contributed by atoms with Crippen LogP contribution < -0.4 is 5.32 Å². The van der Waals surface area contributed by atoms with Gasteiger partial charge in [0.05, 0.1) is 15.7 Å². The fraction of sp³-hybridized carbons (Fsp3) is 0.400. The fourth-order valence-electron chi connectivity index (χ4n) is 0.920. The molecule has 0 saturated carbocycles. The van der Waals surface area contributed by atoms with Crippen LogP contribution in [0.1, 0.15) is 20.8 Å². The lowest BCUT2D eigenvalue weighted by molar-refractivity contribution is 0.634. The van der Waals surface area contributed by atoms with Crippen molar-refractivity contribution in [3.63, 3.8) is 0 Å². The van der Waals surface area contributed by atoms with Crippen molar-refractivity contribution < 1.29 is 0 Å². The molecule has 0 aliphatic rings. The van der Waals surface area contributed by atoms with Crippen LogP contribution in [-0.4, -0.2) is 5.54 Å². The van der Waals surface area contributed by atoms with E-state index in [0.717, 1.165) is 5.69 Å². The van der Waals surface area contributed by atoms with Gasteiger partial charge in [-0.2, -0.15) is 0 Å². The Morgan fingerprint density at radius 2 is 1.92 bits per heavy atom. The average Bonchev–Trinajstić information content (AvgIpc) is 1.96. The molecule has 0 aliphatic heterocycles. The molecule has 1 N–H and O–H groups in total. The van der Waals surface area contributed by atoms with E-state index in [9.17, 15) is 0 Å². The Hall–Kier alpha value is -0.400. The molecular weight excluding hydrogens is 205 g/mol. The summed E-state index contributed by atoms with van der Waals surface area (Å²) in [5.74, 6) is 0. The van der Waals surface area contributed by atoms with Crippen LogP contribution in [0.2, 0.25) is 10.0 Å². The number of benzene rings is 1. The van der Waals surface area contributed by atoms with E-state index in [-0.39, 0.29) is 5.54 Å². The van der Waals surface area contributed by atoms with Crippen molar-refractivity contribution in [2.24, 2.45) is 0 Å². The molecule has 0 aliphatic carbocycles. The molecular formula is C10H12Cl2N. The normalized spacial score (nSPS) is 11.5. The van der Waals surface area contributed by atoms with Crippen LogP contribution in [-0.2, 0) is 0 Å². The third-order valence-corrected chi connectivity index (χ3v) is 2.19. The molecule has 1 aromatic rings. The van der Waals surface area contributed by atoms with Crippen molar-refractivity contribution in [2.75, 3.05) is 5.32 Å². The van der Waals surface area contributed by atoms with E-state index in [1.165, 1.54) is 0 Å². The van der Waals surface area contributed by atoms with Gasteiger partial charge in [0.1, 0.15) is 0 Å². The molecule has 0 unspecified atom stereocenters. The van der Waals surface area contributed by atoms with Gasteiger partial charge in [0, 0.05) is 11.6 Å². The van der Waals surface area contributed by atoms with Gasteiger partial charge >= 0.3 is 0 Å². The first-order valence-corrected chi connectivity index (χ1v) is 4.79. The third-order valence-electron chi connectivity index (χ3n) is 1.39. The number of halogens is 2. The van der Waals surface area contributed by atoms with Crippen LogP contribution >= 0.6 is 23.2 Å². The Morgan fingerprint density at radius 1 is 1.31 bits per heavy atom. The minimum Gasteiger partial charge on any atom is -0.379 e. The van der Waals surface area contributed by atoms with Gasteiger partial charge in [-0.15, -0.1) is 0 Å². The molecule has 71 valence electrons. The van der Waals surface area contributed by atoms with Gasteiger partial charge in [0.15, 0.2) is 0 Å². The van der Waals surface area contributed by atoms with Crippen molar-refractivity contribution >= 4 is 28.9 Å². The van der Waals surface area contributed by atoms with Crippen LogP contribution in [0, 0.1) is 6.07 Å². The van der Waals surface area contributed by atoms with Crippen LogP contribution in [0.25, 0.3) is 0 Å². The van der Waals surface area contributed by atoms with Crippen LogP contribution in [0.3, 0.4) is 0 Å². The van der Waals surface area contributed by atoms with Crippen molar-refractivity contribution in [3.05, 3.63) is 28.2 Å². The smallest absolute Gasteiger partial charge is 0.0830 e. The summed E-state index contributed by atoms with van der Waals surface area (Å²) in [5, 5.41) is 4.29. The SMILES string of the molecule is CC(C)(C)Nc1[c]ccc(Cl)c1Cl. The molecule has 1 nitrogen and oxygen atoms in total. The van der Waals surface area contributed by atoms with Crippen molar-refractivity contribution in [3.8, 4) is 0 Å². The summed E-state index contributed by atoms with van der Waals surface area (Å²) in [7, 11) is 0. The van der Waals surface area contributed by atoms with Gasteiger partial charge in [0.25, 0.3) is 0 Å². The molecule has 0 atom stereocenters. The molecule has 0 saturated heterocycles. The second-order valence-corrected chi connectivity index (χ2v) is 4.67. The molecule has 1 rings (SSSR count). The molecule has 1 aromatic carbocycles. The molecule has 0 bridgehead atoms. The van der Waals surface area contributed by atoms with Crippen molar-refractivity contribution in [2.45, 2.75) is 26.3 Å². The maximum Gasteiger partial charge on any atom is 0.0830 e. The van der Waals surface area contributed by atoms with Crippen molar-refractivity contribution in [1.29, 1.82) is 0 Å². The Morgan fingerprint density at radius 3 is 2.46 bits per heavy atom. The maximum absolute atomic E-state index is 5.97. The second kappa shape index (κ2) is 3.77. The fourth-order valence-corrected chi connectivity index (χ4v) is 1.24. The Balaban J connectivity index is 2.96. The van der Waals surface area contributed by atoms with Crippen LogP contribution in [0.15, 0.2) is 12.1 Å². The topological polar surface area (TPSA) is 12.0 Å². The highest BCUT2D eigenvalue weighted by Crippen LogP contribution is 2.30. The van der Waals surface area contributed by atoms with Gasteiger partial charge in [-0.3, -0.25) is 0 Å². The Kier molecular flexibility index (Phi) is 3.09. The van der Waals surface area contributed by atoms with Crippen LogP contribution in [0.5, 0.6) is 0 Å². The quantitative estimate of drug-likeness (QED) is 0.749. The number of rotatable bonds is 1. The van der Waals surface area contributed by atoms with E-state index in [1.54, 1.807) is 12.1 Å². The molecule has 0 spiro atoms. The summed E-state index contributed by atoms with van der Waals surface area (Å²) < 4.78 is 0. The molecule has 3 heteroatoms. The molecule has 0 fully saturated rings. The van der Waals surface area contributed by atoms with E-state index in [1.807, 2.05) is 0 Å². The van der Waals surface area contributed by atoms with E-state index in [0.29, 0.717) is 10.0 Å². The molecule has 13 heavy (non-hydrogen) atoms. The van der Waals surface area contributed by atoms with E-state index < -0.39 is 0 Å². The number of hydrogen-bond acceptors (Lipinski definition) is 1. The highest BCUT2D eigenvalue weighted by Gasteiger charge is 2.12. The highest BCUT2D eigenvalue weighted by atomic mass is 35.5. The average molecular weight is 217 g/mol. The molecule has 0 heterocycles. The predicted octanol–water partition coefficient (Wildman–Crippen LogP) is 4.00. The summed E-state index contributed by atoms with van der Waals surface area (Å²) in [5.41, 5.74) is 0.715. The van der Waals surface area contributed by atoms with Crippen molar-refractivity contribution in [1.82, 2.24) is 0 Å². The lowest BCUT2D eigenvalue weighted by Gasteiger charge is -2.22. The first-order chi connectivity index (χ1) is 5.90. The lowest BCUT2D eigenvalue weighted by atomic mass is 10.1. The summed E-state index contributed by atoms with van der Waals surface area (Å²) in [6, 6.07) is 6.48. The Labute approximate surface area is 89.0 Å². The largest absolute Gasteiger partial charge is 0.379 e. The monoisotopic (exact) mass is 216 g/mol. The molecule has 0 aromatic heterocycles. The summed E-state index contributed by atoms with van der Waals surface area (Å²) in [6.07, 6.45) is 0. The maximum atomic E-state index is 5.97. The van der Waals surface area contributed by atoms with Gasteiger partial charge in [-0.25, -0.2) is 0 Å². The lowest BCUT2D eigenvalue weighted by Crippen LogP contribution is -2.26. The molecule has 1 radical (unpaired) electrons. The third kappa shape index (κ3) is 3.09. The van der Waals surface area contributed by atoms with Gasteiger partial charge in [-0.05, 0) is 26.8 Å². The molecule has 0 amide bonds. The van der Waals surface area contributed by atoms with Gasteiger partial charge < -0.3 is 5.32 Å². The van der Waals surface area contributed by atoms with Gasteiger partial charge in [0.2, 0.25) is 0 Å². The minimum absolute atomic E-state index is 0.0369. The summed E-state index contributed by atoms with van der Waals surface area (Å²) in [6.45, 7) is 6.16. The second-order valence-electron chi connectivity index (χ2n) is 3.89. The summed E-state index contributed by atoms with van der Waals surface area (Å²) >= 11 is 11.8. The summed E-state index contributed by atoms with van der Waals surface area (Å²) in [4.78, 5) is 0. The number of nitrogens with one attached hydrogen (secondary N) is 1. The standard InChI is InChI=1S/C10H12Cl2N/c1-10(2,3)13-8-6-4-5-7(11)9(8)12/h4-5,13H,1-3H3. The van der Waals surface area contributed by atoms with E-state index in [4.69, 9.17) is 23.2 Å². The zero-order valence-corrected chi connectivity index (χ0v) is 9.42. The zero-order valence-electron chi connectivity index (χ0n) is 7.91. The highest BCUT2D eigenvalue weighted by molar-refractivity contribution is 6.43. The zero-order chi connectivity index (χ0) is 10.1. The number of anilines is 1. The first-order valence-electron chi connectivity index (χ1n) is 4.04.